The van der Waals surface area contributed by atoms with Crippen LogP contribution >= 0.6 is 35.0 Å². The van der Waals surface area contributed by atoms with Crippen LogP contribution in [-0.2, 0) is 18.4 Å². The molecule has 3 aromatic rings. The summed E-state index contributed by atoms with van der Waals surface area (Å²) >= 11 is 13.5. The van der Waals surface area contributed by atoms with Gasteiger partial charge in [-0.25, -0.2) is 4.98 Å². The Balaban J connectivity index is 1.38. The topological polar surface area (TPSA) is 50.2 Å². The van der Waals surface area contributed by atoms with Gasteiger partial charge in [0.2, 0.25) is 5.91 Å². The van der Waals surface area contributed by atoms with Crippen molar-refractivity contribution in [2.24, 2.45) is 7.05 Å². The van der Waals surface area contributed by atoms with E-state index >= 15 is 0 Å². The zero-order valence-electron chi connectivity index (χ0n) is 17.4. The number of nitrogens with one attached hydrogen (secondary N) is 1. The number of hydrogen-bond acceptors (Lipinski definition) is 4. The number of rotatable bonds is 9. The van der Waals surface area contributed by atoms with Gasteiger partial charge in [-0.05, 0) is 62.3 Å². The van der Waals surface area contributed by atoms with Crippen LogP contribution in [0.3, 0.4) is 0 Å². The summed E-state index contributed by atoms with van der Waals surface area (Å²) in [6.07, 6.45) is 0.875. The zero-order chi connectivity index (χ0) is 21.7. The molecule has 0 aliphatic rings. The Labute approximate surface area is 191 Å². The van der Waals surface area contributed by atoms with Crippen molar-refractivity contribution < 1.29 is 4.79 Å². The van der Waals surface area contributed by atoms with Crippen LogP contribution < -0.4 is 5.32 Å². The Bertz CT molecular complexity index is 1040. The number of carbonyl (C=O) groups excluding carboxylic acids is 1. The summed E-state index contributed by atoms with van der Waals surface area (Å²) in [5.41, 5.74) is 4.35. The van der Waals surface area contributed by atoms with Gasteiger partial charge in [0.05, 0.1) is 26.8 Å². The molecule has 0 aliphatic carbocycles. The fourth-order valence-electron chi connectivity index (χ4n) is 3.19. The average molecular weight is 465 g/mol. The molecule has 2 aromatic carbocycles. The molecule has 0 aliphatic heterocycles. The molecule has 160 valence electrons. The van der Waals surface area contributed by atoms with Crippen LogP contribution in [0.25, 0.3) is 11.0 Å². The Kier molecular flexibility index (Phi) is 8.06. The van der Waals surface area contributed by atoms with Crippen LogP contribution in [0.5, 0.6) is 0 Å². The lowest BCUT2D eigenvalue weighted by atomic mass is 10.2. The van der Waals surface area contributed by atoms with Gasteiger partial charge in [0.1, 0.15) is 0 Å². The fraction of sp³-hybridized carbons (Fsp3) is 0.364. The number of amides is 1. The van der Waals surface area contributed by atoms with Gasteiger partial charge in [0, 0.05) is 20.1 Å². The maximum Gasteiger partial charge on any atom is 0.230 e. The first kappa shape index (κ1) is 22.9. The van der Waals surface area contributed by atoms with E-state index in [1.165, 1.54) is 17.3 Å². The number of imidazole rings is 1. The number of benzene rings is 2. The molecular formula is C22H26Cl2N4OS. The largest absolute Gasteiger partial charge is 0.355 e. The van der Waals surface area contributed by atoms with Crippen molar-refractivity contribution in [3.63, 3.8) is 0 Å². The molecule has 3 rings (SSSR count). The highest BCUT2D eigenvalue weighted by molar-refractivity contribution is 7.99. The molecule has 0 unspecified atom stereocenters. The highest BCUT2D eigenvalue weighted by Gasteiger charge is 2.11. The molecule has 0 saturated carbocycles. The maximum absolute atomic E-state index is 12.2. The number of carbonyl (C=O) groups is 1. The second-order valence-electron chi connectivity index (χ2n) is 7.42. The lowest BCUT2D eigenvalue weighted by molar-refractivity contribution is -0.118. The van der Waals surface area contributed by atoms with E-state index in [0.717, 1.165) is 41.3 Å². The van der Waals surface area contributed by atoms with E-state index in [2.05, 4.69) is 34.3 Å². The summed E-state index contributed by atoms with van der Waals surface area (Å²) in [5.74, 6) is 0.380. The van der Waals surface area contributed by atoms with Gasteiger partial charge in [0.25, 0.3) is 0 Å². The predicted octanol–water partition coefficient (Wildman–Crippen LogP) is 4.92. The van der Waals surface area contributed by atoms with Gasteiger partial charge < -0.3 is 14.8 Å². The molecule has 1 heterocycles. The fourth-order valence-corrected chi connectivity index (χ4v) is 4.33. The first-order valence-electron chi connectivity index (χ1n) is 9.78. The lowest BCUT2D eigenvalue weighted by Gasteiger charge is -2.17. The van der Waals surface area contributed by atoms with Crippen molar-refractivity contribution in [1.29, 1.82) is 0 Å². The lowest BCUT2D eigenvalue weighted by Crippen LogP contribution is -2.29. The predicted molar refractivity (Wildman–Crippen MR) is 127 cm³/mol. The van der Waals surface area contributed by atoms with Crippen LogP contribution in [0, 0.1) is 6.92 Å². The van der Waals surface area contributed by atoms with Crippen molar-refractivity contribution in [1.82, 2.24) is 19.8 Å². The molecule has 0 spiro atoms. The van der Waals surface area contributed by atoms with Crippen molar-refractivity contribution in [2.45, 2.75) is 25.0 Å². The normalized spacial score (nSPS) is 11.4. The minimum Gasteiger partial charge on any atom is -0.355 e. The minimum atomic E-state index is 0.0235. The number of halogens is 2. The molecule has 5 nitrogen and oxygen atoms in total. The van der Waals surface area contributed by atoms with E-state index in [4.69, 9.17) is 23.2 Å². The van der Waals surface area contributed by atoms with Crippen LogP contribution in [0.15, 0.2) is 41.6 Å². The van der Waals surface area contributed by atoms with E-state index in [-0.39, 0.29) is 5.91 Å². The second-order valence-corrected chi connectivity index (χ2v) is 9.18. The Hall–Kier alpha value is -1.73. The molecule has 1 aromatic heterocycles. The van der Waals surface area contributed by atoms with E-state index in [9.17, 15) is 4.79 Å². The molecule has 0 fully saturated rings. The maximum atomic E-state index is 12.2. The summed E-state index contributed by atoms with van der Waals surface area (Å²) in [4.78, 5) is 19.0. The van der Waals surface area contributed by atoms with E-state index in [1.54, 1.807) is 0 Å². The van der Waals surface area contributed by atoms with Crippen molar-refractivity contribution in [2.75, 3.05) is 25.9 Å². The van der Waals surface area contributed by atoms with Gasteiger partial charge in [0.15, 0.2) is 5.16 Å². The third-order valence-corrected chi connectivity index (χ3v) is 6.57. The molecular weight excluding hydrogens is 439 g/mol. The smallest absolute Gasteiger partial charge is 0.230 e. The first-order valence-corrected chi connectivity index (χ1v) is 11.5. The number of aromatic nitrogens is 2. The number of nitrogens with zero attached hydrogens (tertiary/aromatic N) is 3. The van der Waals surface area contributed by atoms with Gasteiger partial charge in [-0.15, -0.1) is 0 Å². The SMILES string of the molecule is Cc1ccc2nc(SCC(=O)NCCCN(C)Cc3ccc(Cl)c(Cl)c3)n(C)c2c1. The van der Waals surface area contributed by atoms with Crippen molar-refractivity contribution >= 4 is 51.9 Å². The molecule has 0 radical (unpaired) electrons. The summed E-state index contributed by atoms with van der Waals surface area (Å²) < 4.78 is 2.04. The second kappa shape index (κ2) is 10.5. The molecule has 1 amide bonds. The first-order chi connectivity index (χ1) is 14.3. The number of aryl methyl sites for hydroxylation is 2. The summed E-state index contributed by atoms with van der Waals surface area (Å²) in [6, 6.07) is 11.9. The quantitative estimate of drug-likeness (QED) is 0.360. The highest BCUT2D eigenvalue weighted by Crippen LogP contribution is 2.24. The molecule has 0 atom stereocenters. The molecule has 0 saturated heterocycles. The van der Waals surface area contributed by atoms with Gasteiger partial charge >= 0.3 is 0 Å². The van der Waals surface area contributed by atoms with E-state index in [1.807, 2.05) is 42.9 Å². The Morgan fingerprint density at radius 1 is 1.20 bits per heavy atom. The van der Waals surface area contributed by atoms with Crippen LogP contribution in [-0.4, -0.2) is 46.2 Å². The average Bonchev–Trinajstić information content (AvgIpc) is 3.02. The Morgan fingerprint density at radius 3 is 2.77 bits per heavy atom. The standard InChI is InChI=1S/C22H26Cl2N4OS/c1-15-5-8-19-20(11-15)28(3)22(26-19)30-14-21(29)25-9-4-10-27(2)13-16-6-7-17(23)18(24)12-16/h5-8,11-12H,4,9-10,13-14H2,1-3H3,(H,25,29). The van der Waals surface area contributed by atoms with Gasteiger partial charge in [-0.1, -0.05) is 47.1 Å². The summed E-state index contributed by atoms with van der Waals surface area (Å²) in [5, 5.41) is 4.98. The van der Waals surface area contributed by atoms with Crippen LogP contribution in [0.4, 0.5) is 0 Å². The molecule has 30 heavy (non-hydrogen) atoms. The van der Waals surface area contributed by atoms with Crippen molar-refractivity contribution in [3.8, 4) is 0 Å². The third-order valence-electron chi connectivity index (χ3n) is 4.80. The van der Waals surface area contributed by atoms with E-state index in [0.29, 0.717) is 22.3 Å². The van der Waals surface area contributed by atoms with E-state index < -0.39 is 0 Å². The summed E-state index contributed by atoms with van der Waals surface area (Å²) in [6.45, 7) is 4.37. The minimum absolute atomic E-state index is 0.0235. The van der Waals surface area contributed by atoms with Gasteiger partial charge in [-0.2, -0.15) is 0 Å². The van der Waals surface area contributed by atoms with Gasteiger partial charge in [-0.3, -0.25) is 4.79 Å². The monoisotopic (exact) mass is 464 g/mol. The van der Waals surface area contributed by atoms with Crippen LogP contribution in [0.2, 0.25) is 10.0 Å². The Morgan fingerprint density at radius 2 is 2.00 bits per heavy atom. The number of thioether (sulfide) groups is 1. The molecule has 0 bridgehead atoms. The molecule has 1 N–H and O–H groups in total. The summed E-state index contributed by atoms with van der Waals surface area (Å²) in [7, 11) is 4.03. The molecule has 8 heteroatoms. The number of hydrogen-bond donors (Lipinski definition) is 1. The third kappa shape index (κ3) is 6.14. The van der Waals surface area contributed by atoms with Crippen LogP contribution in [0.1, 0.15) is 17.5 Å². The highest BCUT2D eigenvalue weighted by atomic mass is 35.5. The van der Waals surface area contributed by atoms with Crippen molar-refractivity contribution in [3.05, 3.63) is 57.6 Å². The number of fused-ring (bicyclic) bond motifs is 1. The zero-order valence-corrected chi connectivity index (χ0v) is 19.7.